The van der Waals surface area contributed by atoms with Crippen LogP contribution >= 0.6 is 0 Å². The summed E-state index contributed by atoms with van der Waals surface area (Å²) >= 11 is 0. The van der Waals surface area contributed by atoms with Gasteiger partial charge in [-0.1, -0.05) is 23.3 Å². The van der Waals surface area contributed by atoms with E-state index in [0.717, 1.165) is 6.42 Å². The van der Waals surface area contributed by atoms with Crippen LogP contribution < -0.4 is 0 Å². The number of hydrogen-bond donors (Lipinski definition) is 1. The smallest absolute Gasteiger partial charge is 0.338 e. The Morgan fingerprint density at radius 1 is 1.37 bits per heavy atom. The van der Waals surface area contributed by atoms with E-state index in [1.165, 1.54) is 0 Å². The highest BCUT2D eigenvalue weighted by Gasteiger charge is 2.33. The first-order valence-corrected chi connectivity index (χ1v) is 6.20. The van der Waals surface area contributed by atoms with Crippen LogP contribution in [0.4, 0.5) is 0 Å². The molecule has 6 heteroatoms. The number of esters is 1. The molecule has 1 aromatic rings. The maximum atomic E-state index is 11.9. The van der Waals surface area contributed by atoms with E-state index in [4.69, 9.17) is 10.3 Å². The van der Waals surface area contributed by atoms with Crippen LogP contribution in [0.5, 0.6) is 0 Å². The van der Waals surface area contributed by atoms with Crippen LogP contribution in [0.25, 0.3) is 10.4 Å². The monoisotopic (exact) mass is 261 g/mol. The highest BCUT2D eigenvalue weighted by atomic mass is 16.6. The number of nitrogens with zero attached hydrogens (tertiary/aromatic N) is 3. The zero-order valence-electron chi connectivity index (χ0n) is 10.3. The van der Waals surface area contributed by atoms with Crippen molar-refractivity contribution in [2.24, 2.45) is 5.11 Å². The standard InChI is InChI=1S/C13H15N3O3/c14-16-15-10-7-4-8-11(12(10)17)19-13(18)9-5-2-1-3-6-9/h1-3,5-6,10-12,17H,4,7-8H2. The SMILES string of the molecule is [N-]=[N+]=NC1CCCC(OC(=O)c2ccccc2)C1O. The molecule has 0 spiro atoms. The zero-order chi connectivity index (χ0) is 13.7. The Hall–Kier alpha value is -2.04. The Balaban J connectivity index is 2.02. The van der Waals surface area contributed by atoms with Gasteiger partial charge in [-0.05, 0) is 36.9 Å². The molecule has 1 aromatic carbocycles. The van der Waals surface area contributed by atoms with Crippen LogP contribution in [0.15, 0.2) is 35.4 Å². The fourth-order valence-corrected chi connectivity index (χ4v) is 2.22. The van der Waals surface area contributed by atoms with E-state index in [0.29, 0.717) is 18.4 Å². The van der Waals surface area contributed by atoms with Crippen molar-refractivity contribution in [3.8, 4) is 0 Å². The lowest BCUT2D eigenvalue weighted by atomic mass is 9.90. The van der Waals surface area contributed by atoms with Gasteiger partial charge in [-0.25, -0.2) is 4.79 Å². The molecule has 6 nitrogen and oxygen atoms in total. The van der Waals surface area contributed by atoms with Crippen molar-refractivity contribution in [2.75, 3.05) is 0 Å². The Morgan fingerprint density at radius 3 is 2.79 bits per heavy atom. The highest BCUT2D eigenvalue weighted by molar-refractivity contribution is 5.89. The fraction of sp³-hybridized carbons (Fsp3) is 0.462. The Labute approximate surface area is 110 Å². The topological polar surface area (TPSA) is 95.3 Å². The van der Waals surface area contributed by atoms with Gasteiger partial charge in [0.2, 0.25) is 0 Å². The Bertz CT molecular complexity index is 485. The first-order valence-electron chi connectivity index (χ1n) is 6.20. The summed E-state index contributed by atoms with van der Waals surface area (Å²) in [5, 5.41) is 13.5. The van der Waals surface area contributed by atoms with Gasteiger partial charge in [-0.3, -0.25) is 0 Å². The second-order valence-electron chi connectivity index (χ2n) is 4.50. The summed E-state index contributed by atoms with van der Waals surface area (Å²) in [6.45, 7) is 0. The van der Waals surface area contributed by atoms with Crippen LogP contribution in [-0.4, -0.2) is 29.3 Å². The summed E-state index contributed by atoms with van der Waals surface area (Å²) in [5.74, 6) is -0.466. The van der Waals surface area contributed by atoms with Crippen molar-refractivity contribution >= 4 is 5.97 Å². The molecular formula is C13H15N3O3. The van der Waals surface area contributed by atoms with Crippen LogP contribution in [0.2, 0.25) is 0 Å². The number of carbonyl (C=O) groups is 1. The predicted octanol–water partition coefficient (Wildman–Crippen LogP) is 2.44. The maximum Gasteiger partial charge on any atom is 0.338 e. The molecule has 19 heavy (non-hydrogen) atoms. The quantitative estimate of drug-likeness (QED) is 0.391. The van der Waals surface area contributed by atoms with Gasteiger partial charge in [-0.15, -0.1) is 0 Å². The zero-order valence-corrected chi connectivity index (χ0v) is 10.3. The van der Waals surface area contributed by atoms with E-state index in [1.807, 2.05) is 6.07 Å². The van der Waals surface area contributed by atoms with Gasteiger partial charge < -0.3 is 9.84 Å². The molecule has 0 saturated heterocycles. The third-order valence-corrected chi connectivity index (χ3v) is 3.23. The van der Waals surface area contributed by atoms with E-state index in [1.54, 1.807) is 24.3 Å². The number of benzene rings is 1. The lowest BCUT2D eigenvalue weighted by Crippen LogP contribution is -2.42. The van der Waals surface area contributed by atoms with Gasteiger partial charge in [0.05, 0.1) is 17.7 Å². The second-order valence-corrected chi connectivity index (χ2v) is 4.50. The lowest BCUT2D eigenvalue weighted by Gasteiger charge is -2.31. The molecule has 1 fully saturated rings. The normalized spacial score (nSPS) is 26.3. The van der Waals surface area contributed by atoms with E-state index in [9.17, 15) is 9.90 Å². The first kappa shape index (κ1) is 13.4. The Kier molecular flexibility index (Phi) is 4.39. The third-order valence-electron chi connectivity index (χ3n) is 3.23. The summed E-state index contributed by atoms with van der Waals surface area (Å²) in [7, 11) is 0. The molecule has 0 amide bonds. The minimum Gasteiger partial charge on any atom is -0.456 e. The van der Waals surface area contributed by atoms with Crippen molar-refractivity contribution in [3.63, 3.8) is 0 Å². The number of hydrogen-bond acceptors (Lipinski definition) is 4. The fourth-order valence-electron chi connectivity index (χ4n) is 2.22. The molecule has 1 saturated carbocycles. The van der Waals surface area contributed by atoms with Gasteiger partial charge >= 0.3 is 5.97 Å². The molecule has 0 heterocycles. The van der Waals surface area contributed by atoms with E-state index < -0.39 is 24.2 Å². The molecular weight excluding hydrogens is 246 g/mol. The molecule has 1 aliphatic rings. The predicted molar refractivity (Wildman–Crippen MR) is 68.4 cm³/mol. The lowest BCUT2D eigenvalue weighted by molar-refractivity contribution is -0.0437. The van der Waals surface area contributed by atoms with Crippen molar-refractivity contribution in [2.45, 2.75) is 37.5 Å². The highest BCUT2D eigenvalue weighted by Crippen LogP contribution is 2.25. The molecule has 2 rings (SSSR count). The van der Waals surface area contributed by atoms with E-state index in [2.05, 4.69) is 10.0 Å². The van der Waals surface area contributed by atoms with Gasteiger partial charge in [0.15, 0.2) is 0 Å². The van der Waals surface area contributed by atoms with Crippen LogP contribution in [0.3, 0.4) is 0 Å². The molecule has 0 radical (unpaired) electrons. The van der Waals surface area contributed by atoms with Gasteiger partial charge in [0.25, 0.3) is 0 Å². The van der Waals surface area contributed by atoms with Gasteiger partial charge in [0, 0.05) is 4.91 Å². The minimum atomic E-state index is -0.933. The summed E-state index contributed by atoms with van der Waals surface area (Å²) in [6.07, 6.45) is 0.407. The number of aliphatic hydroxyl groups excluding tert-OH is 1. The first-order chi connectivity index (χ1) is 9.22. The molecule has 3 unspecified atom stereocenters. The summed E-state index contributed by atoms with van der Waals surface area (Å²) in [6, 6.07) is 8.09. The molecule has 3 atom stereocenters. The average Bonchev–Trinajstić information content (AvgIpc) is 2.44. The summed E-state index contributed by atoms with van der Waals surface area (Å²) < 4.78 is 5.29. The number of ether oxygens (including phenoxy) is 1. The van der Waals surface area contributed by atoms with Crippen molar-refractivity contribution < 1.29 is 14.6 Å². The molecule has 0 bridgehead atoms. The number of rotatable bonds is 3. The van der Waals surface area contributed by atoms with Crippen molar-refractivity contribution in [1.82, 2.24) is 0 Å². The molecule has 100 valence electrons. The maximum absolute atomic E-state index is 11.9. The van der Waals surface area contributed by atoms with Gasteiger partial charge in [0.1, 0.15) is 6.10 Å². The minimum absolute atomic E-state index is 0.445. The number of aliphatic hydroxyl groups is 1. The molecule has 0 aromatic heterocycles. The van der Waals surface area contributed by atoms with Crippen LogP contribution in [-0.2, 0) is 4.74 Å². The molecule has 1 N–H and O–H groups in total. The molecule has 0 aliphatic heterocycles. The summed E-state index contributed by atoms with van der Waals surface area (Å²) in [4.78, 5) is 14.6. The van der Waals surface area contributed by atoms with Crippen LogP contribution in [0.1, 0.15) is 29.6 Å². The van der Waals surface area contributed by atoms with Crippen molar-refractivity contribution in [3.05, 3.63) is 46.3 Å². The Morgan fingerprint density at radius 2 is 2.11 bits per heavy atom. The second kappa shape index (κ2) is 6.22. The van der Waals surface area contributed by atoms with Gasteiger partial charge in [-0.2, -0.15) is 0 Å². The number of azide groups is 1. The van der Waals surface area contributed by atoms with E-state index in [-0.39, 0.29) is 0 Å². The average molecular weight is 261 g/mol. The third kappa shape index (κ3) is 3.24. The van der Waals surface area contributed by atoms with Crippen LogP contribution in [0, 0.1) is 0 Å². The largest absolute Gasteiger partial charge is 0.456 e. The number of carbonyl (C=O) groups excluding carboxylic acids is 1. The van der Waals surface area contributed by atoms with E-state index >= 15 is 0 Å². The molecule has 1 aliphatic carbocycles. The summed E-state index contributed by atoms with van der Waals surface area (Å²) in [5.41, 5.74) is 8.87. The van der Waals surface area contributed by atoms with Crippen molar-refractivity contribution in [1.29, 1.82) is 0 Å².